The molecule has 70 valence electrons. The fraction of sp³-hybridized carbons (Fsp3) is 0.444. The number of likely N-dealkylation sites (tertiary alicyclic amines) is 1. The van der Waals surface area contributed by atoms with Crippen molar-refractivity contribution in [1.29, 1.82) is 0 Å². The summed E-state index contributed by atoms with van der Waals surface area (Å²) >= 11 is 4.90. The molecule has 0 aromatic carbocycles. The molecule has 0 saturated carbocycles. The first-order chi connectivity index (χ1) is 6.16. The lowest BCUT2D eigenvalue weighted by Gasteiger charge is -2.36. The van der Waals surface area contributed by atoms with Crippen LogP contribution in [0.15, 0.2) is 15.2 Å². The first kappa shape index (κ1) is 9.21. The maximum absolute atomic E-state index is 11.7. The molecule has 1 aromatic heterocycles. The van der Waals surface area contributed by atoms with Crippen molar-refractivity contribution >= 4 is 33.2 Å². The van der Waals surface area contributed by atoms with Gasteiger partial charge in [0.1, 0.15) is 0 Å². The van der Waals surface area contributed by atoms with Gasteiger partial charge in [-0.05, 0) is 27.9 Å². The molecule has 2 rings (SSSR count). The van der Waals surface area contributed by atoms with Crippen LogP contribution in [0, 0.1) is 5.92 Å². The fourth-order valence-electron chi connectivity index (χ4n) is 1.47. The molecule has 0 bridgehead atoms. The van der Waals surface area contributed by atoms with Gasteiger partial charge in [-0.3, -0.25) is 4.79 Å². The Bertz CT molecular complexity index is 330. The number of hydrogen-bond acceptors (Lipinski definition) is 2. The van der Waals surface area contributed by atoms with Gasteiger partial charge in [-0.2, -0.15) is 0 Å². The van der Waals surface area contributed by atoms with Crippen LogP contribution in [0.3, 0.4) is 0 Å². The third-order valence-electron chi connectivity index (χ3n) is 2.17. The highest BCUT2D eigenvalue weighted by Gasteiger charge is 2.28. The predicted octanol–water partition coefficient (Wildman–Crippen LogP) is 2.60. The zero-order valence-electron chi connectivity index (χ0n) is 7.29. The van der Waals surface area contributed by atoms with E-state index in [0.717, 1.165) is 22.4 Å². The molecule has 0 aliphatic carbocycles. The van der Waals surface area contributed by atoms with Crippen molar-refractivity contribution in [3.8, 4) is 0 Å². The third kappa shape index (κ3) is 1.79. The van der Waals surface area contributed by atoms with E-state index in [1.165, 1.54) is 0 Å². The van der Waals surface area contributed by atoms with Crippen LogP contribution in [0.4, 0.5) is 0 Å². The normalized spacial score (nSPS) is 17.2. The second-order valence-corrected chi connectivity index (χ2v) is 5.75. The Labute approximate surface area is 89.7 Å². The van der Waals surface area contributed by atoms with E-state index < -0.39 is 0 Å². The van der Waals surface area contributed by atoms with Crippen LogP contribution in [-0.4, -0.2) is 23.9 Å². The maximum Gasteiger partial charge on any atom is 0.254 e. The second kappa shape index (κ2) is 3.42. The first-order valence-corrected chi connectivity index (χ1v) is 5.87. The zero-order chi connectivity index (χ0) is 9.42. The van der Waals surface area contributed by atoms with E-state index in [0.29, 0.717) is 5.92 Å². The quantitative estimate of drug-likeness (QED) is 0.760. The summed E-state index contributed by atoms with van der Waals surface area (Å²) in [5.41, 5.74) is 0.809. The number of thiophene rings is 1. The number of nitrogens with zero attached hydrogens (tertiary/aromatic N) is 1. The SMILES string of the molecule is CC1CN(C(=O)c2csc(Br)c2)C1. The van der Waals surface area contributed by atoms with Crippen molar-refractivity contribution in [2.45, 2.75) is 6.92 Å². The molecule has 1 fully saturated rings. The van der Waals surface area contributed by atoms with Gasteiger partial charge in [0.2, 0.25) is 0 Å². The van der Waals surface area contributed by atoms with Gasteiger partial charge in [-0.15, -0.1) is 11.3 Å². The molecule has 0 unspecified atom stereocenters. The van der Waals surface area contributed by atoms with E-state index in [1.807, 2.05) is 16.3 Å². The fourth-order valence-corrected chi connectivity index (χ4v) is 2.60. The number of amides is 1. The van der Waals surface area contributed by atoms with Crippen molar-refractivity contribution in [1.82, 2.24) is 4.90 Å². The molecule has 1 aliphatic heterocycles. The molecule has 1 saturated heterocycles. The van der Waals surface area contributed by atoms with Gasteiger partial charge < -0.3 is 4.90 Å². The van der Waals surface area contributed by atoms with E-state index in [2.05, 4.69) is 22.9 Å². The number of carbonyl (C=O) groups excluding carboxylic acids is 1. The molecular formula is C9H10BrNOS. The molecule has 0 radical (unpaired) electrons. The van der Waals surface area contributed by atoms with Crippen LogP contribution >= 0.6 is 27.3 Å². The topological polar surface area (TPSA) is 20.3 Å². The minimum Gasteiger partial charge on any atom is -0.338 e. The highest BCUT2D eigenvalue weighted by Crippen LogP contribution is 2.24. The minimum absolute atomic E-state index is 0.167. The monoisotopic (exact) mass is 259 g/mol. The van der Waals surface area contributed by atoms with Crippen molar-refractivity contribution in [2.75, 3.05) is 13.1 Å². The lowest BCUT2D eigenvalue weighted by atomic mass is 10.0. The van der Waals surface area contributed by atoms with Gasteiger partial charge in [0.05, 0.1) is 9.35 Å². The van der Waals surface area contributed by atoms with Crippen LogP contribution < -0.4 is 0 Å². The van der Waals surface area contributed by atoms with Crippen LogP contribution in [0.1, 0.15) is 17.3 Å². The molecular weight excluding hydrogens is 250 g/mol. The van der Waals surface area contributed by atoms with E-state index >= 15 is 0 Å². The number of rotatable bonds is 1. The molecule has 2 heterocycles. The summed E-state index contributed by atoms with van der Waals surface area (Å²) < 4.78 is 1.02. The van der Waals surface area contributed by atoms with Crippen LogP contribution in [0.5, 0.6) is 0 Å². The molecule has 0 atom stereocenters. The molecule has 4 heteroatoms. The number of carbonyl (C=O) groups is 1. The first-order valence-electron chi connectivity index (χ1n) is 4.20. The van der Waals surface area contributed by atoms with Gasteiger partial charge in [0, 0.05) is 18.5 Å². The molecule has 2 nitrogen and oxygen atoms in total. The summed E-state index contributed by atoms with van der Waals surface area (Å²) in [5, 5.41) is 1.90. The Hall–Kier alpha value is -0.350. The highest BCUT2D eigenvalue weighted by molar-refractivity contribution is 9.11. The number of halogens is 1. The molecule has 0 spiro atoms. The van der Waals surface area contributed by atoms with E-state index in [9.17, 15) is 4.79 Å². The van der Waals surface area contributed by atoms with Crippen LogP contribution in [0.25, 0.3) is 0 Å². The molecule has 1 aromatic rings. The molecule has 1 aliphatic rings. The maximum atomic E-state index is 11.7. The summed E-state index contributed by atoms with van der Waals surface area (Å²) in [7, 11) is 0. The van der Waals surface area contributed by atoms with Gasteiger partial charge in [-0.25, -0.2) is 0 Å². The van der Waals surface area contributed by atoms with Crippen molar-refractivity contribution in [3.63, 3.8) is 0 Å². The Morgan fingerprint density at radius 1 is 1.69 bits per heavy atom. The smallest absolute Gasteiger partial charge is 0.254 e. The standard InChI is InChI=1S/C9H10BrNOS/c1-6-3-11(4-6)9(12)7-2-8(10)13-5-7/h2,5-6H,3-4H2,1H3. The summed E-state index contributed by atoms with van der Waals surface area (Å²) in [6.07, 6.45) is 0. The third-order valence-corrected chi connectivity index (χ3v) is 3.67. The molecule has 1 amide bonds. The van der Waals surface area contributed by atoms with Crippen molar-refractivity contribution in [3.05, 3.63) is 20.8 Å². The van der Waals surface area contributed by atoms with Gasteiger partial charge in [-0.1, -0.05) is 6.92 Å². The predicted molar refractivity (Wildman–Crippen MR) is 57.1 cm³/mol. The van der Waals surface area contributed by atoms with E-state index in [1.54, 1.807) is 11.3 Å². The lowest BCUT2D eigenvalue weighted by Crippen LogP contribution is -2.48. The summed E-state index contributed by atoms with van der Waals surface area (Å²) in [5.74, 6) is 0.839. The van der Waals surface area contributed by atoms with Gasteiger partial charge >= 0.3 is 0 Å². The van der Waals surface area contributed by atoms with Gasteiger partial charge in [0.15, 0.2) is 0 Å². The minimum atomic E-state index is 0.167. The summed E-state index contributed by atoms with van der Waals surface area (Å²) in [4.78, 5) is 13.6. The van der Waals surface area contributed by atoms with Crippen molar-refractivity contribution < 1.29 is 4.79 Å². The average Bonchev–Trinajstić information content (AvgIpc) is 2.45. The number of hydrogen-bond donors (Lipinski definition) is 0. The summed E-state index contributed by atoms with van der Waals surface area (Å²) in [6, 6.07) is 1.88. The van der Waals surface area contributed by atoms with Crippen LogP contribution in [0.2, 0.25) is 0 Å². The zero-order valence-corrected chi connectivity index (χ0v) is 9.69. The summed E-state index contributed by atoms with van der Waals surface area (Å²) in [6.45, 7) is 3.98. The Balaban J connectivity index is 2.06. The largest absolute Gasteiger partial charge is 0.338 e. The molecule has 0 N–H and O–H groups in total. The highest BCUT2D eigenvalue weighted by atomic mass is 79.9. The van der Waals surface area contributed by atoms with E-state index in [-0.39, 0.29) is 5.91 Å². The van der Waals surface area contributed by atoms with Crippen LogP contribution in [-0.2, 0) is 0 Å². The second-order valence-electron chi connectivity index (χ2n) is 3.45. The van der Waals surface area contributed by atoms with Crippen molar-refractivity contribution in [2.24, 2.45) is 5.92 Å². The molecule has 13 heavy (non-hydrogen) atoms. The average molecular weight is 260 g/mol. The lowest BCUT2D eigenvalue weighted by molar-refractivity contribution is 0.0531. The Morgan fingerprint density at radius 3 is 2.85 bits per heavy atom. The van der Waals surface area contributed by atoms with Gasteiger partial charge in [0.25, 0.3) is 5.91 Å². The Morgan fingerprint density at radius 2 is 2.38 bits per heavy atom. The van der Waals surface area contributed by atoms with E-state index in [4.69, 9.17) is 0 Å². The Kier molecular flexibility index (Phi) is 2.43.